The van der Waals surface area contributed by atoms with E-state index < -0.39 is 6.09 Å². The van der Waals surface area contributed by atoms with Gasteiger partial charge in [-0.2, -0.15) is 5.26 Å². The van der Waals surface area contributed by atoms with Gasteiger partial charge in [0.1, 0.15) is 5.75 Å². The second kappa shape index (κ2) is 8.32. The van der Waals surface area contributed by atoms with Gasteiger partial charge in [0, 0.05) is 13.1 Å². The number of carbonyl (C=O) groups is 1. The van der Waals surface area contributed by atoms with Gasteiger partial charge in [0.05, 0.1) is 7.11 Å². The number of amides is 1. The Morgan fingerprint density at radius 2 is 2.22 bits per heavy atom. The molecule has 6 heteroatoms. The quantitative estimate of drug-likeness (QED) is 0.389. The highest BCUT2D eigenvalue weighted by Crippen LogP contribution is 2.11. The molecule has 0 atom stereocenters. The molecule has 0 fully saturated rings. The first-order chi connectivity index (χ1) is 8.76. The fraction of sp³-hybridized carbons (Fsp3) is 0.417. The fourth-order valence-corrected chi connectivity index (χ4v) is 1.45. The first-order valence-electron chi connectivity index (χ1n) is 5.69. The summed E-state index contributed by atoms with van der Waals surface area (Å²) in [4.78, 5) is 14.0. The number of ether oxygens (including phenoxy) is 1. The molecule has 0 radical (unpaired) electrons. The molecule has 1 rings (SSSR count). The zero-order valence-electron chi connectivity index (χ0n) is 10.3. The fourth-order valence-electron chi connectivity index (χ4n) is 1.45. The molecule has 6 nitrogen and oxygen atoms in total. The summed E-state index contributed by atoms with van der Waals surface area (Å²) in [7, 11) is 1.64. The van der Waals surface area contributed by atoms with Gasteiger partial charge in [0.2, 0.25) is 0 Å². The Morgan fingerprint density at radius 3 is 2.94 bits per heavy atom. The molecule has 0 aromatic heterocycles. The van der Waals surface area contributed by atoms with Crippen LogP contribution in [0.1, 0.15) is 12.0 Å². The summed E-state index contributed by atoms with van der Waals surface area (Å²) in [6.07, 6.45) is -0.0817. The second-order valence-electron chi connectivity index (χ2n) is 3.69. The summed E-state index contributed by atoms with van der Waals surface area (Å²) in [5.74, 6) is 0.835. The van der Waals surface area contributed by atoms with E-state index in [1.165, 1.54) is 0 Å². The van der Waals surface area contributed by atoms with E-state index in [0.29, 0.717) is 6.54 Å². The van der Waals surface area contributed by atoms with Crippen LogP contribution in [-0.4, -0.2) is 31.5 Å². The number of carbonyl (C=O) groups excluding carboxylic acids is 1. The monoisotopic (exact) mass is 254 g/mol. The summed E-state index contributed by atoms with van der Waals surface area (Å²) in [5, 5.41) is 13.6. The van der Waals surface area contributed by atoms with E-state index in [1.807, 2.05) is 24.3 Å². The topological polar surface area (TPSA) is 79.8 Å². The molecule has 1 aromatic rings. The molecule has 100 valence electrons. The standard InChI is InChI=1S/C12H18N2O4/c1-17-11-5-2-4-10(8-11)9-13-6-3-7-14-12(15)18-16/h2,4-5,8,13,16H,3,6-7,9H2,1H3,(H,14,15). The van der Waals surface area contributed by atoms with E-state index >= 15 is 0 Å². The van der Waals surface area contributed by atoms with Crippen molar-refractivity contribution >= 4 is 6.09 Å². The predicted molar refractivity (Wildman–Crippen MR) is 66.4 cm³/mol. The Balaban J connectivity index is 2.12. The lowest BCUT2D eigenvalue weighted by atomic mass is 10.2. The van der Waals surface area contributed by atoms with E-state index in [1.54, 1.807) is 7.11 Å². The second-order valence-corrected chi connectivity index (χ2v) is 3.69. The van der Waals surface area contributed by atoms with Crippen molar-refractivity contribution < 1.29 is 19.7 Å². The summed E-state index contributed by atoms with van der Waals surface area (Å²) in [6.45, 7) is 1.94. The van der Waals surface area contributed by atoms with Crippen LogP contribution in [0.4, 0.5) is 4.79 Å². The summed E-state index contributed by atoms with van der Waals surface area (Å²) < 4.78 is 5.13. The largest absolute Gasteiger partial charge is 0.497 e. The van der Waals surface area contributed by atoms with Gasteiger partial charge >= 0.3 is 6.09 Å². The highest BCUT2D eigenvalue weighted by molar-refractivity contribution is 5.66. The molecular weight excluding hydrogens is 236 g/mol. The minimum atomic E-state index is -0.831. The molecule has 18 heavy (non-hydrogen) atoms. The van der Waals surface area contributed by atoms with E-state index in [9.17, 15) is 4.79 Å². The lowest BCUT2D eigenvalue weighted by molar-refractivity contribution is -0.177. The third kappa shape index (κ3) is 5.51. The first kappa shape index (κ1) is 14.3. The molecule has 0 saturated heterocycles. The van der Waals surface area contributed by atoms with Crippen LogP contribution in [0.2, 0.25) is 0 Å². The van der Waals surface area contributed by atoms with Gasteiger partial charge in [0.15, 0.2) is 0 Å². The van der Waals surface area contributed by atoms with Crippen molar-refractivity contribution in [2.75, 3.05) is 20.2 Å². The van der Waals surface area contributed by atoms with Crippen LogP contribution >= 0.6 is 0 Å². The van der Waals surface area contributed by atoms with Crippen molar-refractivity contribution in [2.24, 2.45) is 0 Å². The van der Waals surface area contributed by atoms with Crippen molar-refractivity contribution in [3.05, 3.63) is 29.8 Å². The van der Waals surface area contributed by atoms with Gasteiger partial charge in [-0.1, -0.05) is 12.1 Å². The molecule has 0 aliphatic rings. The smallest absolute Gasteiger partial charge is 0.438 e. The minimum Gasteiger partial charge on any atom is -0.497 e. The van der Waals surface area contributed by atoms with Crippen molar-refractivity contribution in [2.45, 2.75) is 13.0 Å². The molecule has 1 amide bonds. The lowest BCUT2D eigenvalue weighted by Crippen LogP contribution is -2.27. The Bertz CT molecular complexity index is 371. The van der Waals surface area contributed by atoms with Gasteiger partial charge in [-0.3, -0.25) is 4.89 Å². The molecular formula is C12H18N2O4. The molecule has 0 saturated carbocycles. The van der Waals surface area contributed by atoms with E-state index in [4.69, 9.17) is 9.99 Å². The summed E-state index contributed by atoms with van der Waals surface area (Å²) >= 11 is 0. The molecule has 3 N–H and O–H groups in total. The van der Waals surface area contributed by atoms with Gasteiger partial charge in [-0.05, 0) is 30.7 Å². The third-order valence-electron chi connectivity index (χ3n) is 2.35. The van der Waals surface area contributed by atoms with E-state index in [2.05, 4.69) is 15.5 Å². The van der Waals surface area contributed by atoms with Crippen LogP contribution in [-0.2, 0) is 11.4 Å². The van der Waals surface area contributed by atoms with Crippen molar-refractivity contribution in [3.63, 3.8) is 0 Å². The zero-order valence-corrected chi connectivity index (χ0v) is 10.3. The average Bonchev–Trinajstić information content (AvgIpc) is 2.42. The highest BCUT2D eigenvalue weighted by Gasteiger charge is 1.98. The van der Waals surface area contributed by atoms with Crippen LogP contribution in [0, 0.1) is 0 Å². The Labute approximate surface area is 106 Å². The predicted octanol–water partition coefficient (Wildman–Crippen LogP) is 1.37. The van der Waals surface area contributed by atoms with Crippen LogP contribution < -0.4 is 15.4 Å². The van der Waals surface area contributed by atoms with Crippen molar-refractivity contribution in [3.8, 4) is 5.75 Å². The van der Waals surface area contributed by atoms with Gasteiger partial charge in [0.25, 0.3) is 0 Å². The minimum absolute atomic E-state index is 0.449. The number of hydrogen-bond donors (Lipinski definition) is 3. The number of benzene rings is 1. The summed E-state index contributed by atoms with van der Waals surface area (Å²) in [5.41, 5.74) is 1.14. The zero-order chi connectivity index (χ0) is 13.2. The maximum absolute atomic E-state index is 10.5. The number of hydrogen-bond acceptors (Lipinski definition) is 5. The third-order valence-corrected chi connectivity index (χ3v) is 2.35. The van der Waals surface area contributed by atoms with Crippen LogP contribution in [0.25, 0.3) is 0 Å². The lowest BCUT2D eigenvalue weighted by Gasteiger charge is -2.06. The average molecular weight is 254 g/mol. The first-order valence-corrected chi connectivity index (χ1v) is 5.69. The Hall–Kier alpha value is -1.79. The van der Waals surface area contributed by atoms with Crippen LogP contribution in [0.5, 0.6) is 5.75 Å². The molecule has 0 aliphatic heterocycles. The van der Waals surface area contributed by atoms with Crippen LogP contribution in [0.15, 0.2) is 24.3 Å². The van der Waals surface area contributed by atoms with E-state index in [-0.39, 0.29) is 0 Å². The molecule has 0 unspecified atom stereocenters. The Kier molecular flexibility index (Phi) is 6.60. The molecule has 0 heterocycles. The maximum atomic E-state index is 10.5. The number of nitrogens with one attached hydrogen (secondary N) is 2. The Morgan fingerprint density at radius 1 is 1.39 bits per heavy atom. The normalized spacial score (nSPS) is 9.89. The molecule has 0 aliphatic carbocycles. The van der Waals surface area contributed by atoms with E-state index in [0.717, 1.165) is 30.8 Å². The number of methoxy groups -OCH3 is 1. The van der Waals surface area contributed by atoms with Crippen molar-refractivity contribution in [1.82, 2.24) is 10.6 Å². The molecule has 0 bridgehead atoms. The summed E-state index contributed by atoms with van der Waals surface area (Å²) in [6, 6.07) is 7.81. The van der Waals surface area contributed by atoms with Gasteiger partial charge in [-0.25, -0.2) is 4.79 Å². The number of rotatable bonds is 7. The highest BCUT2D eigenvalue weighted by atomic mass is 17.1. The molecule has 0 spiro atoms. The van der Waals surface area contributed by atoms with Gasteiger partial charge in [-0.15, -0.1) is 0 Å². The van der Waals surface area contributed by atoms with Crippen LogP contribution in [0.3, 0.4) is 0 Å². The van der Waals surface area contributed by atoms with Crippen molar-refractivity contribution in [1.29, 1.82) is 0 Å². The molecule has 1 aromatic carbocycles. The maximum Gasteiger partial charge on any atom is 0.438 e. The SMILES string of the molecule is COc1cccc(CNCCCNC(=O)OO)c1. The van der Waals surface area contributed by atoms with Gasteiger partial charge < -0.3 is 15.4 Å².